The summed E-state index contributed by atoms with van der Waals surface area (Å²) < 4.78 is 1.61. The molecule has 27 heavy (non-hydrogen) atoms. The summed E-state index contributed by atoms with van der Waals surface area (Å²) in [7, 11) is 0. The normalized spacial score (nSPS) is 11.6. The summed E-state index contributed by atoms with van der Waals surface area (Å²) in [6.07, 6.45) is 0. The molecule has 0 aliphatic carbocycles. The van der Waals surface area contributed by atoms with Crippen molar-refractivity contribution in [3.8, 4) is 0 Å². The molecule has 2 heterocycles. The molecule has 0 bridgehead atoms. The summed E-state index contributed by atoms with van der Waals surface area (Å²) in [6.45, 7) is 1.87. The van der Waals surface area contributed by atoms with Crippen LogP contribution in [0.4, 0.5) is 0 Å². The van der Waals surface area contributed by atoms with E-state index in [1.54, 1.807) is 23.1 Å². The van der Waals surface area contributed by atoms with Crippen LogP contribution in [-0.2, 0) is 10.5 Å². The number of thiophene rings is 1. The molecule has 1 amide bonds. The van der Waals surface area contributed by atoms with Crippen molar-refractivity contribution in [3.63, 3.8) is 0 Å². The number of amides is 1. The van der Waals surface area contributed by atoms with Gasteiger partial charge in [0.1, 0.15) is 0 Å². The Morgan fingerprint density at radius 2 is 1.96 bits per heavy atom. The lowest BCUT2D eigenvalue weighted by molar-refractivity contribution is -0.118. The molecule has 0 aliphatic rings. The summed E-state index contributed by atoms with van der Waals surface area (Å²) in [6, 6.07) is 11.7. The van der Waals surface area contributed by atoms with E-state index in [1.807, 2.05) is 48.7 Å². The third-order valence-corrected chi connectivity index (χ3v) is 7.84. The zero-order chi connectivity index (χ0) is 19.1. The molecule has 1 N–H and O–H groups in total. The molecule has 0 aliphatic heterocycles. The first-order valence-corrected chi connectivity index (χ1v) is 11.9. The van der Waals surface area contributed by atoms with E-state index < -0.39 is 0 Å². The van der Waals surface area contributed by atoms with Crippen LogP contribution in [0.2, 0.25) is 5.02 Å². The van der Waals surface area contributed by atoms with Crippen molar-refractivity contribution in [1.29, 1.82) is 0 Å². The quantitative estimate of drug-likeness (QED) is 0.288. The molecule has 0 saturated heterocycles. The van der Waals surface area contributed by atoms with E-state index in [9.17, 15) is 4.79 Å². The number of hydrogen-bond donors (Lipinski definition) is 1. The Morgan fingerprint density at radius 1 is 1.19 bits per heavy atom. The second-order valence-electron chi connectivity index (χ2n) is 5.21. The maximum Gasteiger partial charge on any atom is 0.250 e. The van der Waals surface area contributed by atoms with Gasteiger partial charge in [-0.2, -0.15) is 5.10 Å². The van der Waals surface area contributed by atoms with Crippen LogP contribution in [0.3, 0.4) is 0 Å². The van der Waals surface area contributed by atoms with Crippen molar-refractivity contribution < 1.29 is 4.79 Å². The van der Waals surface area contributed by atoms with Crippen LogP contribution < -0.4 is 5.43 Å². The van der Waals surface area contributed by atoms with Crippen molar-refractivity contribution in [2.24, 2.45) is 5.10 Å². The fourth-order valence-corrected chi connectivity index (χ4v) is 5.69. The molecule has 0 unspecified atom stereocenters. The zero-order valence-electron chi connectivity index (χ0n) is 14.2. The molecule has 2 aromatic heterocycles. The molecule has 5 nitrogen and oxygen atoms in total. The van der Waals surface area contributed by atoms with Gasteiger partial charge in [0.15, 0.2) is 8.68 Å². The molecule has 0 radical (unpaired) electrons. The maximum absolute atomic E-state index is 11.9. The van der Waals surface area contributed by atoms with Gasteiger partial charge in [-0.05, 0) is 30.0 Å². The molecule has 10 heteroatoms. The minimum Gasteiger partial charge on any atom is -0.272 e. The van der Waals surface area contributed by atoms with Gasteiger partial charge >= 0.3 is 0 Å². The first-order chi connectivity index (χ1) is 13.1. The van der Waals surface area contributed by atoms with Crippen LogP contribution in [0.5, 0.6) is 0 Å². The zero-order valence-corrected chi connectivity index (χ0v) is 18.2. The number of hydrazone groups is 1. The topological polar surface area (TPSA) is 67.2 Å². The molecule has 0 atom stereocenters. The maximum atomic E-state index is 11.9. The van der Waals surface area contributed by atoms with Gasteiger partial charge in [-0.3, -0.25) is 4.79 Å². The SMILES string of the molecule is CC(=NNC(=O)CSc1nnc(SCc2ccccc2Cl)s1)c1cccs1. The fourth-order valence-electron chi connectivity index (χ4n) is 1.91. The highest BCUT2D eigenvalue weighted by molar-refractivity contribution is 8.03. The molecule has 3 aromatic rings. The second kappa shape index (κ2) is 10.2. The minimum atomic E-state index is -0.170. The molecule has 3 rings (SSSR count). The van der Waals surface area contributed by atoms with Crippen molar-refractivity contribution >= 4 is 69.4 Å². The monoisotopic (exact) mass is 454 g/mol. The van der Waals surface area contributed by atoms with Gasteiger partial charge in [0.2, 0.25) is 0 Å². The number of halogens is 1. The Balaban J connectivity index is 1.44. The van der Waals surface area contributed by atoms with E-state index in [4.69, 9.17) is 11.6 Å². The highest BCUT2D eigenvalue weighted by Crippen LogP contribution is 2.32. The Kier molecular flexibility index (Phi) is 7.71. The standard InChI is InChI=1S/C17H15ClN4OS4/c1-11(14-7-4-8-24-14)19-20-15(23)10-26-17-22-21-16(27-17)25-9-12-5-2-3-6-13(12)18/h2-8H,9-10H2,1H3,(H,20,23). The summed E-state index contributed by atoms with van der Waals surface area (Å²) in [4.78, 5) is 13.0. The fraction of sp³-hybridized carbons (Fsp3) is 0.176. The largest absolute Gasteiger partial charge is 0.272 e. The lowest BCUT2D eigenvalue weighted by Crippen LogP contribution is -2.20. The number of aromatic nitrogens is 2. The van der Waals surface area contributed by atoms with Crippen molar-refractivity contribution in [3.05, 3.63) is 57.2 Å². The lowest BCUT2D eigenvalue weighted by Gasteiger charge is -2.00. The average Bonchev–Trinajstić information content (AvgIpc) is 3.36. The minimum absolute atomic E-state index is 0.170. The third-order valence-electron chi connectivity index (χ3n) is 3.25. The van der Waals surface area contributed by atoms with Gasteiger partial charge in [-0.15, -0.1) is 21.5 Å². The Labute approximate surface area is 178 Å². The highest BCUT2D eigenvalue weighted by atomic mass is 35.5. The number of rotatable bonds is 8. The molecular weight excluding hydrogens is 440 g/mol. The molecular formula is C17H15ClN4OS4. The number of nitrogens with one attached hydrogen (secondary N) is 1. The number of thioether (sulfide) groups is 2. The Bertz CT molecular complexity index is 927. The van der Waals surface area contributed by atoms with E-state index in [1.165, 1.54) is 23.1 Å². The molecule has 0 saturated carbocycles. The van der Waals surface area contributed by atoms with Crippen molar-refractivity contribution in [2.45, 2.75) is 21.4 Å². The first kappa shape index (κ1) is 20.3. The summed E-state index contributed by atoms with van der Waals surface area (Å²) in [5, 5.41) is 15.1. The van der Waals surface area contributed by atoms with Gasteiger partial charge in [0.05, 0.1) is 11.5 Å². The van der Waals surface area contributed by atoms with E-state index in [0.717, 1.165) is 35.6 Å². The van der Waals surface area contributed by atoms with E-state index >= 15 is 0 Å². The van der Waals surface area contributed by atoms with Crippen LogP contribution in [0.1, 0.15) is 17.4 Å². The molecule has 0 fully saturated rings. The number of hydrogen-bond acceptors (Lipinski definition) is 8. The number of benzene rings is 1. The van der Waals surface area contributed by atoms with Gasteiger partial charge in [-0.1, -0.05) is 70.7 Å². The van der Waals surface area contributed by atoms with Crippen molar-refractivity contribution in [1.82, 2.24) is 15.6 Å². The molecule has 140 valence electrons. The number of carbonyl (C=O) groups is 1. The molecule has 0 spiro atoms. The second-order valence-corrected chi connectivity index (χ2v) is 9.99. The van der Waals surface area contributed by atoms with E-state index in [0.29, 0.717) is 0 Å². The third kappa shape index (κ3) is 6.32. The van der Waals surface area contributed by atoms with Gasteiger partial charge in [0, 0.05) is 15.7 Å². The van der Waals surface area contributed by atoms with Gasteiger partial charge in [0.25, 0.3) is 5.91 Å². The van der Waals surface area contributed by atoms with E-state index in [-0.39, 0.29) is 11.7 Å². The first-order valence-electron chi connectivity index (χ1n) is 7.81. The predicted octanol–water partition coefficient (Wildman–Crippen LogP) is 5.18. The van der Waals surface area contributed by atoms with Crippen molar-refractivity contribution in [2.75, 3.05) is 5.75 Å². The van der Waals surface area contributed by atoms with Crippen LogP contribution in [-0.4, -0.2) is 27.6 Å². The highest BCUT2D eigenvalue weighted by Gasteiger charge is 2.10. The number of nitrogens with zero attached hydrogens (tertiary/aromatic N) is 3. The van der Waals surface area contributed by atoms with Crippen LogP contribution in [0, 0.1) is 0 Å². The smallest absolute Gasteiger partial charge is 0.250 e. The number of carbonyl (C=O) groups excluding carboxylic acids is 1. The Morgan fingerprint density at radius 3 is 2.70 bits per heavy atom. The van der Waals surface area contributed by atoms with Crippen LogP contribution >= 0.6 is 57.8 Å². The summed E-state index contributed by atoms with van der Waals surface area (Å²) in [5.41, 5.74) is 4.42. The van der Waals surface area contributed by atoms with Gasteiger partial charge < -0.3 is 0 Å². The van der Waals surface area contributed by atoms with Crippen LogP contribution in [0.15, 0.2) is 55.6 Å². The lowest BCUT2D eigenvalue weighted by atomic mass is 10.2. The van der Waals surface area contributed by atoms with Crippen LogP contribution in [0.25, 0.3) is 0 Å². The van der Waals surface area contributed by atoms with E-state index in [2.05, 4.69) is 20.7 Å². The average molecular weight is 455 g/mol. The predicted molar refractivity (Wildman–Crippen MR) is 116 cm³/mol. The Hall–Kier alpha value is -1.39. The summed E-state index contributed by atoms with van der Waals surface area (Å²) >= 11 is 12.1. The molecule has 1 aromatic carbocycles. The summed E-state index contributed by atoms with van der Waals surface area (Å²) in [5.74, 6) is 0.803. The van der Waals surface area contributed by atoms with Gasteiger partial charge in [-0.25, -0.2) is 5.43 Å².